The third-order valence-corrected chi connectivity index (χ3v) is 10.9. The highest BCUT2D eigenvalue weighted by Crippen LogP contribution is 2.61. The molecule has 0 bridgehead atoms. The second-order valence-electron chi connectivity index (χ2n) is 10.1. The molecule has 0 spiro atoms. The first-order valence-corrected chi connectivity index (χ1v) is 13.7. The number of phenolic OH excluding ortho intramolecular Hbond substituents is 2. The van der Waals surface area contributed by atoms with E-state index >= 15 is 0 Å². The van der Waals surface area contributed by atoms with Gasteiger partial charge in [0.25, 0.3) is 0 Å². The molecule has 0 aliphatic heterocycles. The second kappa shape index (κ2) is 8.63. The van der Waals surface area contributed by atoms with Gasteiger partial charge in [0, 0.05) is 45.6 Å². The lowest BCUT2D eigenvalue weighted by Gasteiger charge is -2.50. The van der Waals surface area contributed by atoms with Gasteiger partial charge in [-0.25, -0.2) is 0 Å². The van der Waals surface area contributed by atoms with Gasteiger partial charge in [-0.2, -0.15) is 0 Å². The molecule has 0 radical (unpaired) electrons. The number of hydrogen-bond donors (Lipinski definition) is 2. The summed E-state index contributed by atoms with van der Waals surface area (Å²) in [5, 5.41) is 21.4. The molecule has 0 heterocycles. The van der Waals surface area contributed by atoms with Crippen molar-refractivity contribution in [3.8, 4) is 11.5 Å². The molecule has 31 heavy (non-hydrogen) atoms. The normalized spacial score (nSPS) is 20.2. The predicted octanol–water partition coefficient (Wildman–Crippen LogP) is 9.51. The average Bonchev–Trinajstić information content (AvgIpc) is 2.66. The zero-order valence-electron chi connectivity index (χ0n) is 19.1. The number of hydrogen-bond acceptors (Lipinski definition) is 2. The van der Waals surface area contributed by atoms with E-state index in [-0.39, 0.29) is 10.8 Å². The van der Waals surface area contributed by atoms with E-state index in [1.807, 2.05) is 27.7 Å². The maximum atomic E-state index is 10.7. The highest BCUT2D eigenvalue weighted by molar-refractivity contribution is 9.11. The zero-order valence-corrected chi connectivity index (χ0v) is 25.4. The lowest BCUT2D eigenvalue weighted by Crippen LogP contribution is -2.42. The van der Waals surface area contributed by atoms with Gasteiger partial charge in [-0.3, -0.25) is 0 Å². The van der Waals surface area contributed by atoms with E-state index in [1.165, 1.54) is 11.1 Å². The van der Waals surface area contributed by atoms with E-state index in [0.717, 1.165) is 59.4 Å². The van der Waals surface area contributed by atoms with Crippen LogP contribution in [0.15, 0.2) is 17.9 Å². The fourth-order valence-corrected chi connectivity index (χ4v) is 9.43. The van der Waals surface area contributed by atoms with Crippen LogP contribution in [0.1, 0.15) is 73.4 Å². The van der Waals surface area contributed by atoms with Crippen LogP contribution in [0.2, 0.25) is 0 Å². The summed E-state index contributed by atoms with van der Waals surface area (Å²) in [5.41, 5.74) is 5.54. The molecule has 1 atom stereocenters. The maximum Gasteiger partial charge on any atom is 0.123 e. The van der Waals surface area contributed by atoms with Crippen molar-refractivity contribution in [2.24, 2.45) is 11.3 Å². The van der Waals surface area contributed by atoms with Gasteiger partial charge in [-0.15, -0.1) is 0 Å². The molecular weight excluding hydrogens is 652 g/mol. The van der Waals surface area contributed by atoms with Crippen LogP contribution in [0.4, 0.5) is 0 Å². The number of phenols is 2. The number of halogens is 4. The molecular formula is C25H30Br4O2. The van der Waals surface area contributed by atoms with Crippen LogP contribution in [-0.2, 0) is 5.41 Å². The molecule has 1 aliphatic rings. The van der Waals surface area contributed by atoms with Gasteiger partial charge in [0.05, 0.1) is 0 Å². The van der Waals surface area contributed by atoms with Crippen molar-refractivity contribution in [3.63, 3.8) is 0 Å². The highest BCUT2D eigenvalue weighted by atomic mass is 79.9. The summed E-state index contributed by atoms with van der Waals surface area (Å²) >= 11 is 15.5. The van der Waals surface area contributed by atoms with Crippen LogP contribution in [0.5, 0.6) is 11.5 Å². The first-order valence-electron chi connectivity index (χ1n) is 10.5. The molecule has 2 N–H and O–H groups in total. The van der Waals surface area contributed by atoms with Crippen LogP contribution < -0.4 is 0 Å². The van der Waals surface area contributed by atoms with Crippen molar-refractivity contribution in [2.45, 2.75) is 73.1 Å². The molecule has 1 saturated carbocycles. The Kier molecular flexibility index (Phi) is 7.12. The molecule has 6 heteroatoms. The Morgan fingerprint density at radius 2 is 1.00 bits per heavy atom. The van der Waals surface area contributed by atoms with Crippen LogP contribution in [0.25, 0.3) is 0 Å². The Morgan fingerprint density at radius 3 is 1.29 bits per heavy atom. The molecule has 1 aliphatic carbocycles. The summed E-state index contributed by atoms with van der Waals surface area (Å²) in [7, 11) is 0. The zero-order chi connectivity index (χ0) is 23.6. The number of rotatable bonds is 2. The van der Waals surface area contributed by atoms with E-state index in [9.17, 15) is 10.2 Å². The van der Waals surface area contributed by atoms with Gasteiger partial charge in [0.15, 0.2) is 0 Å². The van der Waals surface area contributed by atoms with Crippen molar-refractivity contribution in [3.05, 3.63) is 51.3 Å². The van der Waals surface area contributed by atoms with Crippen LogP contribution in [0, 0.1) is 39.0 Å². The van der Waals surface area contributed by atoms with E-state index in [4.69, 9.17) is 0 Å². The molecule has 2 aromatic carbocycles. The second-order valence-corrected chi connectivity index (χ2v) is 13.3. The van der Waals surface area contributed by atoms with Crippen molar-refractivity contribution >= 4 is 63.7 Å². The van der Waals surface area contributed by atoms with Gasteiger partial charge < -0.3 is 10.2 Å². The van der Waals surface area contributed by atoms with E-state index in [2.05, 4.69) is 84.5 Å². The first-order chi connectivity index (χ1) is 14.2. The van der Waals surface area contributed by atoms with Crippen molar-refractivity contribution in [2.75, 3.05) is 0 Å². The molecule has 1 fully saturated rings. The van der Waals surface area contributed by atoms with Gasteiger partial charge in [-0.1, -0.05) is 84.5 Å². The fraction of sp³-hybridized carbons (Fsp3) is 0.520. The van der Waals surface area contributed by atoms with E-state index in [1.54, 1.807) is 0 Å². The Morgan fingerprint density at radius 1 is 0.677 bits per heavy atom. The quantitative estimate of drug-likeness (QED) is 0.332. The maximum absolute atomic E-state index is 10.7. The number of aromatic hydroxyl groups is 2. The van der Waals surface area contributed by atoms with Crippen LogP contribution >= 0.6 is 63.7 Å². The molecule has 0 saturated heterocycles. The minimum absolute atomic E-state index is 0.120. The Labute approximate surface area is 219 Å². The van der Waals surface area contributed by atoms with Crippen LogP contribution in [0.3, 0.4) is 0 Å². The monoisotopic (exact) mass is 678 g/mol. The molecule has 2 aromatic rings. The lowest BCUT2D eigenvalue weighted by atomic mass is 9.55. The molecule has 0 aromatic heterocycles. The molecule has 170 valence electrons. The van der Waals surface area contributed by atoms with Crippen molar-refractivity contribution in [1.29, 1.82) is 0 Å². The molecule has 1 unspecified atom stereocenters. The smallest absolute Gasteiger partial charge is 0.123 e. The number of benzene rings is 2. The predicted molar refractivity (Wildman–Crippen MR) is 144 cm³/mol. The first kappa shape index (κ1) is 25.6. The molecule has 0 amide bonds. The summed E-state index contributed by atoms with van der Waals surface area (Å²) in [6, 6.07) is 0. The van der Waals surface area contributed by atoms with Gasteiger partial charge in [0.2, 0.25) is 0 Å². The topological polar surface area (TPSA) is 40.5 Å². The van der Waals surface area contributed by atoms with Crippen molar-refractivity contribution in [1.82, 2.24) is 0 Å². The third-order valence-electron chi connectivity index (χ3n) is 6.95. The third kappa shape index (κ3) is 4.06. The van der Waals surface area contributed by atoms with Gasteiger partial charge in [0.1, 0.15) is 11.5 Å². The minimum atomic E-state index is -0.330. The van der Waals surface area contributed by atoms with Gasteiger partial charge in [-0.05, 0) is 69.4 Å². The molecule has 3 rings (SSSR count). The van der Waals surface area contributed by atoms with Gasteiger partial charge >= 0.3 is 0 Å². The summed E-state index contributed by atoms with van der Waals surface area (Å²) in [4.78, 5) is 0. The summed E-state index contributed by atoms with van der Waals surface area (Å²) in [6.45, 7) is 14.9. The Hall–Kier alpha value is -0.0400. The fourth-order valence-electron chi connectivity index (χ4n) is 5.84. The van der Waals surface area contributed by atoms with E-state index in [0.29, 0.717) is 17.4 Å². The summed E-state index contributed by atoms with van der Waals surface area (Å²) < 4.78 is 3.76. The average molecular weight is 682 g/mol. The van der Waals surface area contributed by atoms with Crippen molar-refractivity contribution < 1.29 is 10.2 Å². The van der Waals surface area contributed by atoms with Crippen LogP contribution in [-0.4, -0.2) is 10.2 Å². The SMILES string of the molecule is Cc1c(O)c(C)c(Br)c(C2(c3c(Br)c(C)c(O)c(C)c3Br)CC(C)CC(C)(C)C2)c1Br. The summed E-state index contributed by atoms with van der Waals surface area (Å²) in [5.74, 6) is 1.14. The largest absolute Gasteiger partial charge is 0.507 e. The Bertz CT molecular complexity index is 945. The van der Waals surface area contributed by atoms with E-state index < -0.39 is 0 Å². The lowest BCUT2D eigenvalue weighted by molar-refractivity contribution is 0.125. The highest BCUT2D eigenvalue weighted by Gasteiger charge is 2.50. The standard InChI is InChI=1S/C25H30Br4O2/c1-11-8-24(6,7)10-25(9-11,16-18(26)12(2)22(30)13(3)19(16)27)17-20(28)14(4)23(31)15(5)21(17)29/h11,30-31H,8-10H2,1-7H3. The molecule has 2 nitrogen and oxygen atoms in total. The summed E-state index contributed by atoms with van der Waals surface area (Å²) in [6.07, 6.45) is 3.08. The Balaban J connectivity index is 2.57. The minimum Gasteiger partial charge on any atom is -0.507 e.